The number of pyridine rings is 1. The van der Waals surface area contributed by atoms with Gasteiger partial charge in [0, 0.05) is 31.4 Å². The number of hydrogen-bond donors (Lipinski definition) is 0. The quantitative estimate of drug-likeness (QED) is 0.794. The lowest BCUT2D eigenvalue weighted by Gasteiger charge is -2.23. The van der Waals surface area contributed by atoms with Crippen LogP contribution in [0.4, 0.5) is 0 Å². The fraction of sp³-hybridized carbons (Fsp3) is 0.375. The summed E-state index contributed by atoms with van der Waals surface area (Å²) in [6.45, 7) is 3.53. The van der Waals surface area contributed by atoms with Gasteiger partial charge in [0.15, 0.2) is 5.78 Å². The van der Waals surface area contributed by atoms with E-state index in [9.17, 15) is 9.59 Å². The van der Waals surface area contributed by atoms with Crippen LogP contribution in [0.2, 0.25) is 0 Å². The Labute approximate surface area is 124 Å². The third-order valence-corrected chi connectivity index (χ3v) is 3.78. The number of Topliss-reactive ketones (excluding diaryl/α,β-unsaturated/α-hetero) is 1. The predicted octanol–water partition coefficient (Wildman–Crippen LogP) is 2.39. The average Bonchev–Trinajstić information content (AvgIpc) is 2.95. The average molecular weight is 288 g/mol. The molecule has 0 aliphatic rings. The van der Waals surface area contributed by atoms with Gasteiger partial charge in [0.25, 0.3) is 0 Å². The topological polar surface area (TPSA) is 51.0 Å². The fourth-order valence-electron chi connectivity index (χ4n) is 2.36. The summed E-state index contributed by atoms with van der Waals surface area (Å²) in [5, 5.41) is 0. The Balaban J connectivity index is 2.42. The highest BCUT2D eigenvalue weighted by molar-refractivity contribution is 6.07. The lowest BCUT2D eigenvalue weighted by Crippen LogP contribution is -2.40. The predicted molar refractivity (Wildman–Crippen MR) is 80.8 cm³/mol. The number of carbonyl (C=O) groups is 2. The Morgan fingerprint density at radius 1 is 1.33 bits per heavy atom. The molecule has 1 unspecified atom stereocenters. The lowest BCUT2D eigenvalue weighted by molar-refractivity contribution is -0.130. The van der Waals surface area contributed by atoms with Gasteiger partial charge in [-0.3, -0.25) is 9.59 Å². The van der Waals surface area contributed by atoms with Crippen LogP contribution in [-0.4, -0.2) is 41.2 Å². The first kappa shape index (κ1) is 15.1. The normalized spacial score (nSPS) is 12.2. The third-order valence-electron chi connectivity index (χ3n) is 3.78. The maximum Gasteiger partial charge on any atom is 0.222 e. The zero-order valence-electron chi connectivity index (χ0n) is 12.8. The van der Waals surface area contributed by atoms with Crippen molar-refractivity contribution in [2.45, 2.75) is 26.3 Å². The van der Waals surface area contributed by atoms with Gasteiger partial charge >= 0.3 is 0 Å². The van der Waals surface area contributed by atoms with Crippen molar-refractivity contribution in [3.8, 4) is 5.75 Å². The van der Waals surface area contributed by atoms with Crippen LogP contribution < -0.4 is 4.74 Å². The van der Waals surface area contributed by atoms with Gasteiger partial charge in [-0.2, -0.15) is 0 Å². The molecule has 2 rings (SSSR count). The van der Waals surface area contributed by atoms with E-state index in [0.29, 0.717) is 17.7 Å². The minimum atomic E-state index is -0.506. The van der Waals surface area contributed by atoms with Gasteiger partial charge in [-0.05, 0) is 25.1 Å². The Kier molecular flexibility index (Phi) is 4.31. The van der Waals surface area contributed by atoms with Gasteiger partial charge in [-0.15, -0.1) is 0 Å². The zero-order valence-corrected chi connectivity index (χ0v) is 12.8. The molecule has 1 atom stereocenters. The van der Waals surface area contributed by atoms with Crippen LogP contribution >= 0.6 is 0 Å². The standard InChI is InChI=1S/C16H20N2O3/c1-5-14(19)17(3)11(2)16(20)12-8-10-18-9-6-7-13(21-4)15(12)18/h6-11H,5H2,1-4H3. The number of carbonyl (C=O) groups excluding carboxylic acids is 2. The van der Waals surface area contributed by atoms with Crippen molar-refractivity contribution in [1.29, 1.82) is 0 Å². The van der Waals surface area contributed by atoms with Crippen LogP contribution in [0.15, 0.2) is 30.6 Å². The summed E-state index contributed by atoms with van der Waals surface area (Å²) in [7, 11) is 3.23. The smallest absolute Gasteiger partial charge is 0.222 e. The summed E-state index contributed by atoms with van der Waals surface area (Å²) in [4.78, 5) is 25.9. The second-order valence-corrected chi connectivity index (χ2v) is 4.96. The molecule has 0 saturated heterocycles. The summed E-state index contributed by atoms with van der Waals surface area (Å²) in [5.41, 5.74) is 1.30. The molecule has 0 aromatic carbocycles. The summed E-state index contributed by atoms with van der Waals surface area (Å²) in [6, 6.07) is 4.93. The number of aromatic nitrogens is 1. The molecule has 0 fully saturated rings. The van der Waals surface area contributed by atoms with Gasteiger partial charge in [0.1, 0.15) is 5.75 Å². The molecular weight excluding hydrogens is 268 g/mol. The molecule has 5 heteroatoms. The van der Waals surface area contributed by atoms with E-state index in [4.69, 9.17) is 4.74 Å². The van der Waals surface area contributed by atoms with E-state index in [2.05, 4.69) is 0 Å². The number of hydrogen-bond acceptors (Lipinski definition) is 3. The second kappa shape index (κ2) is 5.99. The Morgan fingerprint density at radius 2 is 2.05 bits per heavy atom. The largest absolute Gasteiger partial charge is 0.495 e. The first-order chi connectivity index (χ1) is 10.0. The highest BCUT2D eigenvalue weighted by atomic mass is 16.5. The van der Waals surface area contributed by atoms with Crippen molar-refractivity contribution in [1.82, 2.24) is 9.30 Å². The molecule has 5 nitrogen and oxygen atoms in total. The van der Waals surface area contributed by atoms with Crippen molar-refractivity contribution in [3.05, 3.63) is 36.2 Å². The first-order valence-electron chi connectivity index (χ1n) is 6.94. The molecular formula is C16H20N2O3. The Hall–Kier alpha value is -2.30. The number of amides is 1. The van der Waals surface area contributed by atoms with E-state index in [1.807, 2.05) is 28.9 Å². The van der Waals surface area contributed by atoms with E-state index >= 15 is 0 Å². The van der Waals surface area contributed by atoms with E-state index < -0.39 is 6.04 Å². The highest BCUT2D eigenvalue weighted by Gasteiger charge is 2.25. The third kappa shape index (κ3) is 2.63. The molecule has 21 heavy (non-hydrogen) atoms. The second-order valence-electron chi connectivity index (χ2n) is 4.96. The van der Waals surface area contributed by atoms with Crippen LogP contribution in [0.1, 0.15) is 30.6 Å². The monoisotopic (exact) mass is 288 g/mol. The van der Waals surface area contributed by atoms with Gasteiger partial charge in [0.05, 0.1) is 18.7 Å². The van der Waals surface area contributed by atoms with Crippen molar-refractivity contribution in [2.75, 3.05) is 14.2 Å². The number of likely N-dealkylation sites (N-methyl/N-ethyl adjacent to an activating group) is 1. The Morgan fingerprint density at radius 3 is 2.67 bits per heavy atom. The molecule has 0 aliphatic carbocycles. The number of ether oxygens (including phenoxy) is 1. The van der Waals surface area contributed by atoms with Gasteiger partial charge in [-0.25, -0.2) is 0 Å². The van der Waals surface area contributed by atoms with Crippen molar-refractivity contribution >= 4 is 17.2 Å². The maximum absolute atomic E-state index is 12.7. The number of rotatable bonds is 5. The molecule has 2 heterocycles. The summed E-state index contributed by atoms with van der Waals surface area (Å²) in [5.74, 6) is 0.500. The first-order valence-corrected chi connectivity index (χ1v) is 6.94. The number of methoxy groups -OCH3 is 1. The van der Waals surface area contributed by atoms with Crippen molar-refractivity contribution < 1.29 is 14.3 Å². The zero-order chi connectivity index (χ0) is 15.6. The summed E-state index contributed by atoms with van der Waals surface area (Å²) in [6.07, 6.45) is 4.06. The molecule has 1 amide bonds. The van der Waals surface area contributed by atoms with Crippen LogP contribution in [0, 0.1) is 0 Å². The summed E-state index contributed by atoms with van der Waals surface area (Å²) >= 11 is 0. The van der Waals surface area contributed by atoms with E-state index in [0.717, 1.165) is 5.52 Å². The molecule has 2 aromatic rings. The molecule has 0 spiro atoms. The maximum atomic E-state index is 12.7. The van der Waals surface area contributed by atoms with Crippen LogP contribution in [0.25, 0.3) is 5.52 Å². The van der Waals surface area contributed by atoms with Crippen molar-refractivity contribution in [3.63, 3.8) is 0 Å². The molecule has 0 saturated carbocycles. The lowest BCUT2D eigenvalue weighted by atomic mass is 10.0. The SMILES string of the molecule is CCC(=O)N(C)C(C)C(=O)c1ccn2cccc(OC)c12. The van der Waals surface area contributed by atoms with Gasteiger partial charge < -0.3 is 14.0 Å². The van der Waals surface area contributed by atoms with E-state index in [-0.39, 0.29) is 11.7 Å². The minimum Gasteiger partial charge on any atom is -0.495 e. The molecule has 0 aliphatic heterocycles. The van der Waals surface area contributed by atoms with Crippen molar-refractivity contribution in [2.24, 2.45) is 0 Å². The van der Waals surface area contributed by atoms with E-state index in [1.54, 1.807) is 34.1 Å². The molecule has 0 N–H and O–H groups in total. The number of ketones is 1. The molecule has 112 valence electrons. The minimum absolute atomic E-state index is 0.0497. The fourth-order valence-corrected chi connectivity index (χ4v) is 2.36. The van der Waals surface area contributed by atoms with Crippen LogP contribution in [0.3, 0.4) is 0 Å². The van der Waals surface area contributed by atoms with Crippen LogP contribution in [0.5, 0.6) is 5.75 Å². The van der Waals surface area contributed by atoms with E-state index in [1.165, 1.54) is 4.90 Å². The van der Waals surface area contributed by atoms with Gasteiger partial charge in [0.2, 0.25) is 5.91 Å². The number of fused-ring (bicyclic) bond motifs is 1. The van der Waals surface area contributed by atoms with Gasteiger partial charge in [-0.1, -0.05) is 6.92 Å². The van der Waals surface area contributed by atoms with Crippen LogP contribution in [-0.2, 0) is 4.79 Å². The molecule has 2 aromatic heterocycles. The number of nitrogens with zero attached hydrogens (tertiary/aromatic N) is 2. The Bertz CT molecular complexity index is 675. The summed E-state index contributed by atoms with van der Waals surface area (Å²) < 4.78 is 7.18. The molecule has 0 bridgehead atoms. The molecule has 0 radical (unpaired) electrons. The highest BCUT2D eigenvalue weighted by Crippen LogP contribution is 2.25.